The van der Waals surface area contributed by atoms with Gasteiger partial charge in [-0.3, -0.25) is 9.80 Å². The van der Waals surface area contributed by atoms with Gasteiger partial charge in [-0.1, -0.05) is 12.8 Å². The number of fused-ring (bicyclic) bond motifs is 1. The van der Waals surface area contributed by atoms with Crippen molar-refractivity contribution in [3.63, 3.8) is 0 Å². The van der Waals surface area contributed by atoms with Crippen LogP contribution < -0.4 is 0 Å². The number of amides is 1. The lowest BCUT2D eigenvalue weighted by Crippen LogP contribution is -2.36. The minimum atomic E-state index is -0.412. The van der Waals surface area contributed by atoms with Crippen molar-refractivity contribution in [1.82, 2.24) is 10.0 Å². The monoisotopic (exact) mass is 313 g/mol. The lowest BCUT2D eigenvalue weighted by atomic mass is 9.84. The lowest BCUT2D eigenvalue weighted by Gasteiger charge is -2.27. The summed E-state index contributed by atoms with van der Waals surface area (Å²) in [5.41, 5.74) is 0.726. The Morgan fingerprint density at radius 1 is 1.35 bits per heavy atom. The van der Waals surface area contributed by atoms with Gasteiger partial charge in [-0.2, -0.15) is 5.26 Å². The number of benzene rings is 1. The van der Waals surface area contributed by atoms with E-state index in [0.717, 1.165) is 31.5 Å². The predicted molar refractivity (Wildman–Crippen MR) is 82.3 cm³/mol. The second-order valence-electron chi connectivity index (χ2n) is 7.44. The Morgan fingerprint density at radius 3 is 2.83 bits per heavy atom. The Balaban J connectivity index is 1.63. The van der Waals surface area contributed by atoms with Gasteiger partial charge in [0, 0.05) is 13.1 Å². The van der Waals surface area contributed by atoms with Crippen LogP contribution in [0.15, 0.2) is 18.2 Å². The van der Waals surface area contributed by atoms with Crippen molar-refractivity contribution in [2.24, 2.45) is 11.3 Å². The van der Waals surface area contributed by atoms with Crippen LogP contribution in [-0.4, -0.2) is 29.0 Å². The number of halogens is 1. The molecule has 0 aromatic heterocycles. The Bertz CT molecular complexity index is 709. The summed E-state index contributed by atoms with van der Waals surface area (Å²) in [5, 5.41) is 13.0. The maximum Gasteiger partial charge on any atom is 0.244 e. The molecule has 0 spiro atoms. The predicted octanol–water partition coefficient (Wildman–Crippen LogP) is 3.01. The molecule has 4 nitrogen and oxygen atoms in total. The second kappa shape index (κ2) is 5.04. The van der Waals surface area contributed by atoms with E-state index in [-0.39, 0.29) is 17.4 Å². The van der Waals surface area contributed by atoms with Gasteiger partial charge in [0.05, 0.1) is 23.1 Å². The number of hydrazine groups is 1. The minimum absolute atomic E-state index is 0.147. The molecule has 23 heavy (non-hydrogen) atoms. The molecule has 1 amide bonds. The molecule has 3 fully saturated rings. The molecule has 1 aliphatic carbocycles. The smallest absolute Gasteiger partial charge is 0.244 e. The summed E-state index contributed by atoms with van der Waals surface area (Å²) in [6.07, 6.45) is 4.22. The van der Waals surface area contributed by atoms with Gasteiger partial charge in [0.25, 0.3) is 0 Å². The third kappa shape index (κ3) is 2.42. The third-order valence-electron chi connectivity index (χ3n) is 5.39. The van der Waals surface area contributed by atoms with Gasteiger partial charge in [-0.25, -0.2) is 9.40 Å². The van der Waals surface area contributed by atoms with E-state index >= 15 is 0 Å². The average molecular weight is 313 g/mol. The molecule has 1 aromatic carbocycles. The Labute approximate surface area is 135 Å². The average Bonchev–Trinajstić information content (AvgIpc) is 3.16. The van der Waals surface area contributed by atoms with Crippen LogP contribution in [0.25, 0.3) is 0 Å². The van der Waals surface area contributed by atoms with Crippen LogP contribution in [0.2, 0.25) is 0 Å². The Hall–Kier alpha value is -1.93. The Morgan fingerprint density at radius 2 is 2.13 bits per heavy atom. The Kier molecular flexibility index (Phi) is 3.21. The number of carbonyl (C=O) groups excluding carboxylic acids is 1. The first-order chi connectivity index (χ1) is 11.0. The van der Waals surface area contributed by atoms with E-state index in [1.54, 1.807) is 6.07 Å². The van der Waals surface area contributed by atoms with E-state index in [4.69, 9.17) is 5.26 Å². The first-order valence-corrected chi connectivity index (χ1v) is 8.29. The molecule has 4 rings (SSSR count). The van der Waals surface area contributed by atoms with Gasteiger partial charge in [0.1, 0.15) is 5.82 Å². The third-order valence-corrected chi connectivity index (χ3v) is 5.39. The standard InChI is InChI=1S/C18H20FN3O/c1-18(9-12-2-3-12)11-21-5-4-16(22(21)17(18)23)14-6-13(10-20)7-15(19)8-14/h6-8,12,16H,2-5,9,11H2,1H3/t16-,18-/m0/s1. The van der Waals surface area contributed by atoms with Gasteiger partial charge in [0.2, 0.25) is 5.91 Å². The highest BCUT2D eigenvalue weighted by atomic mass is 19.1. The van der Waals surface area contributed by atoms with Crippen LogP contribution >= 0.6 is 0 Å². The van der Waals surface area contributed by atoms with Crippen LogP contribution in [-0.2, 0) is 4.79 Å². The highest BCUT2D eigenvalue weighted by molar-refractivity contribution is 5.85. The molecule has 2 heterocycles. The van der Waals surface area contributed by atoms with Crippen LogP contribution in [0.1, 0.15) is 49.8 Å². The lowest BCUT2D eigenvalue weighted by molar-refractivity contribution is -0.143. The molecule has 0 radical (unpaired) electrons. The molecule has 2 saturated heterocycles. The van der Waals surface area contributed by atoms with E-state index in [1.807, 2.05) is 11.1 Å². The maximum absolute atomic E-state index is 13.8. The number of rotatable bonds is 3. The highest BCUT2D eigenvalue weighted by Gasteiger charge is 2.54. The summed E-state index contributed by atoms with van der Waals surface area (Å²) >= 11 is 0. The second-order valence-corrected chi connectivity index (χ2v) is 7.44. The van der Waals surface area contributed by atoms with Crippen molar-refractivity contribution in [2.75, 3.05) is 13.1 Å². The van der Waals surface area contributed by atoms with Crippen LogP contribution in [0.3, 0.4) is 0 Å². The van der Waals surface area contributed by atoms with E-state index in [1.165, 1.54) is 25.0 Å². The van der Waals surface area contributed by atoms with Gasteiger partial charge in [-0.05, 0) is 49.4 Å². The fourth-order valence-corrected chi connectivity index (χ4v) is 4.16. The summed E-state index contributed by atoms with van der Waals surface area (Å²) in [6.45, 7) is 3.64. The SMILES string of the molecule is C[C@]1(CC2CC2)CN2CC[C@@H](c3cc(F)cc(C#N)c3)N2C1=O. The molecule has 0 bridgehead atoms. The molecule has 0 N–H and O–H groups in total. The van der Waals surface area contributed by atoms with Crippen molar-refractivity contribution in [3.8, 4) is 6.07 Å². The van der Waals surface area contributed by atoms with E-state index < -0.39 is 5.82 Å². The zero-order valence-electron chi connectivity index (χ0n) is 13.3. The molecule has 2 aliphatic heterocycles. The zero-order chi connectivity index (χ0) is 16.2. The van der Waals surface area contributed by atoms with Crippen molar-refractivity contribution in [1.29, 1.82) is 5.26 Å². The largest absolute Gasteiger partial charge is 0.273 e. The summed E-state index contributed by atoms with van der Waals surface area (Å²) < 4.78 is 13.8. The fourth-order valence-electron chi connectivity index (χ4n) is 4.16. The fraction of sp³-hybridized carbons (Fsp3) is 0.556. The summed E-state index contributed by atoms with van der Waals surface area (Å²) in [5.74, 6) is 0.447. The summed E-state index contributed by atoms with van der Waals surface area (Å²) in [7, 11) is 0. The molecule has 1 saturated carbocycles. The van der Waals surface area contributed by atoms with Crippen molar-refractivity contribution >= 4 is 5.91 Å². The van der Waals surface area contributed by atoms with Crippen LogP contribution in [0, 0.1) is 28.5 Å². The molecular formula is C18H20FN3O. The van der Waals surface area contributed by atoms with E-state index in [2.05, 4.69) is 11.9 Å². The summed E-state index contributed by atoms with van der Waals surface area (Å²) in [4.78, 5) is 13.0. The number of hydrogen-bond acceptors (Lipinski definition) is 3. The van der Waals surface area contributed by atoms with E-state index in [9.17, 15) is 9.18 Å². The van der Waals surface area contributed by atoms with Crippen LogP contribution in [0.5, 0.6) is 0 Å². The molecule has 2 atom stereocenters. The molecule has 5 heteroatoms. The van der Waals surface area contributed by atoms with Gasteiger partial charge in [0.15, 0.2) is 0 Å². The zero-order valence-corrected chi connectivity index (χ0v) is 13.3. The molecule has 3 aliphatic rings. The topological polar surface area (TPSA) is 47.3 Å². The number of hydrogen-bond donors (Lipinski definition) is 0. The highest BCUT2D eigenvalue weighted by Crippen LogP contribution is 2.48. The van der Waals surface area contributed by atoms with Gasteiger partial charge < -0.3 is 0 Å². The number of nitrogens with zero attached hydrogens (tertiary/aromatic N) is 3. The van der Waals surface area contributed by atoms with Crippen molar-refractivity contribution in [3.05, 3.63) is 35.1 Å². The minimum Gasteiger partial charge on any atom is -0.273 e. The maximum atomic E-state index is 13.8. The molecular weight excluding hydrogens is 293 g/mol. The number of nitriles is 1. The molecule has 1 aromatic rings. The summed E-state index contributed by atoms with van der Waals surface area (Å²) in [6, 6.07) is 6.25. The van der Waals surface area contributed by atoms with E-state index in [0.29, 0.717) is 11.5 Å². The number of carbonyl (C=O) groups is 1. The van der Waals surface area contributed by atoms with Crippen LogP contribution in [0.4, 0.5) is 4.39 Å². The van der Waals surface area contributed by atoms with Crippen molar-refractivity contribution < 1.29 is 9.18 Å². The first kappa shape index (κ1) is 14.6. The quantitative estimate of drug-likeness (QED) is 0.862. The normalized spacial score (nSPS) is 30.6. The first-order valence-electron chi connectivity index (χ1n) is 8.29. The van der Waals surface area contributed by atoms with Gasteiger partial charge in [-0.15, -0.1) is 0 Å². The van der Waals surface area contributed by atoms with Gasteiger partial charge >= 0.3 is 0 Å². The van der Waals surface area contributed by atoms with Crippen molar-refractivity contribution in [2.45, 2.75) is 38.6 Å². The molecule has 120 valence electrons. The molecule has 0 unspecified atom stereocenters.